The molecule has 1 aromatic rings. The second-order valence-electron chi connectivity index (χ2n) is 3.49. The van der Waals surface area contributed by atoms with Crippen LogP contribution in [0.15, 0.2) is 37.2 Å². The normalized spacial score (nSPS) is 12.8. The van der Waals surface area contributed by atoms with E-state index >= 15 is 0 Å². The number of carbonyl (C=O) groups is 1. The van der Waals surface area contributed by atoms with Gasteiger partial charge >= 0.3 is 0 Å². The predicted octanol–water partition coefficient (Wildman–Crippen LogP) is 1.01. The van der Waals surface area contributed by atoms with Crippen LogP contribution >= 0.6 is 0 Å². The van der Waals surface area contributed by atoms with Gasteiger partial charge in [0.2, 0.25) is 5.91 Å². The van der Waals surface area contributed by atoms with Crippen molar-refractivity contribution in [3.8, 4) is 0 Å². The van der Waals surface area contributed by atoms with Gasteiger partial charge in [-0.2, -0.15) is 0 Å². The van der Waals surface area contributed by atoms with Gasteiger partial charge in [-0.3, -0.25) is 9.78 Å². The van der Waals surface area contributed by atoms with Crippen LogP contribution < -0.4 is 5.32 Å². The monoisotopic (exact) mass is 254 g/mol. The number of carbonyl (C=O) groups excluding carboxylic acids is 1. The summed E-state index contributed by atoms with van der Waals surface area (Å²) < 4.78 is 23.2. The van der Waals surface area contributed by atoms with E-state index in [0.29, 0.717) is 5.69 Å². The van der Waals surface area contributed by atoms with Crippen LogP contribution in [0, 0.1) is 0 Å². The van der Waals surface area contributed by atoms with Gasteiger partial charge in [-0.25, -0.2) is 8.42 Å². The van der Waals surface area contributed by atoms with Crippen LogP contribution in [-0.2, 0) is 14.6 Å². The molecule has 0 aliphatic heterocycles. The number of pyridine rings is 1. The predicted molar refractivity (Wildman–Crippen MR) is 66.3 cm³/mol. The van der Waals surface area contributed by atoms with E-state index in [2.05, 4.69) is 16.9 Å². The lowest BCUT2D eigenvalue weighted by Gasteiger charge is -2.11. The van der Waals surface area contributed by atoms with Crippen LogP contribution in [0.2, 0.25) is 0 Å². The molecule has 0 aromatic carbocycles. The molecule has 0 saturated carbocycles. The van der Waals surface area contributed by atoms with Crippen LogP contribution in [-0.4, -0.2) is 30.3 Å². The van der Waals surface area contributed by atoms with Gasteiger partial charge in [0.15, 0.2) is 9.84 Å². The zero-order chi connectivity index (χ0) is 12.9. The number of hydrogen-bond acceptors (Lipinski definition) is 4. The van der Waals surface area contributed by atoms with Gasteiger partial charge in [0.25, 0.3) is 0 Å². The minimum Gasteiger partial charge on any atom is -0.324 e. The average molecular weight is 254 g/mol. The summed E-state index contributed by atoms with van der Waals surface area (Å²) in [7, 11) is -3.48. The molecule has 17 heavy (non-hydrogen) atoms. The van der Waals surface area contributed by atoms with Crippen molar-refractivity contribution in [2.45, 2.75) is 12.2 Å². The van der Waals surface area contributed by atoms with Crippen molar-refractivity contribution in [3.63, 3.8) is 0 Å². The molecule has 0 radical (unpaired) electrons. The molecule has 1 rings (SSSR count). The van der Waals surface area contributed by atoms with E-state index in [1.165, 1.54) is 19.2 Å². The summed E-state index contributed by atoms with van der Waals surface area (Å²) in [5.74, 6) is -0.783. The topological polar surface area (TPSA) is 76.1 Å². The third kappa shape index (κ3) is 3.67. The van der Waals surface area contributed by atoms with E-state index in [1.54, 1.807) is 18.3 Å². The molecule has 0 spiro atoms. The second kappa shape index (κ2) is 5.58. The van der Waals surface area contributed by atoms with Gasteiger partial charge in [-0.05, 0) is 19.1 Å². The molecule has 0 aliphatic carbocycles. The standard InChI is InChI=1S/C11H14N2O3S/c1-3-7-17(15,16)9(2)11(14)13-10-5-4-6-12-8-10/h3-6,8-9H,1,7H2,2H3,(H,13,14). The fourth-order valence-electron chi connectivity index (χ4n) is 1.15. The molecule has 1 unspecified atom stereocenters. The van der Waals surface area contributed by atoms with Gasteiger partial charge in [-0.1, -0.05) is 6.08 Å². The lowest BCUT2D eigenvalue weighted by Crippen LogP contribution is -2.33. The Kier molecular flexibility index (Phi) is 4.39. The number of hydrogen-bond donors (Lipinski definition) is 1. The first-order valence-electron chi connectivity index (χ1n) is 5.00. The summed E-state index contributed by atoms with van der Waals surface area (Å²) >= 11 is 0. The van der Waals surface area contributed by atoms with Gasteiger partial charge in [0, 0.05) is 6.20 Å². The number of amides is 1. The van der Waals surface area contributed by atoms with Gasteiger partial charge in [-0.15, -0.1) is 6.58 Å². The maximum atomic E-state index is 11.7. The van der Waals surface area contributed by atoms with Crippen LogP contribution in [0.4, 0.5) is 5.69 Å². The molecule has 1 aromatic heterocycles. The molecule has 6 heteroatoms. The highest BCUT2D eigenvalue weighted by atomic mass is 32.2. The van der Waals surface area contributed by atoms with Gasteiger partial charge in [0.1, 0.15) is 5.25 Å². The van der Waals surface area contributed by atoms with Crippen LogP contribution in [0.1, 0.15) is 6.92 Å². The second-order valence-corrected chi connectivity index (χ2v) is 5.86. The minimum absolute atomic E-state index is 0.214. The summed E-state index contributed by atoms with van der Waals surface area (Å²) in [5, 5.41) is 1.38. The first kappa shape index (κ1) is 13.4. The fourth-order valence-corrected chi connectivity index (χ4v) is 2.15. The van der Waals surface area contributed by atoms with E-state index in [0.717, 1.165) is 0 Å². The van der Waals surface area contributed by atoms with E-state index < -0.39 is 21.0 Å². The maximum absolute atomic E-state index is 11.7. The van der Waals surface area contributed by atoms with E-state index in [-0.39, 0.29) is 5.75 Å². The van der Waals surface area contributed by atoms with E-state index in [9.17, 15) is 13.2 Å². The largest absolute Gasteiger partial charge is 0.324 e. The van der Waals surface area contributed by atoms with Gasteiger partial charge < -0.3 is 5.32 Å². The molecule has 1 N–H and O–H groups in total. The van der Waals surface area contributed by atoms with Crippen molar-refractivity contribution in [2.24, 2.45) is 0 Å². The van der Waals surface area contributed by atoms with Crippen LogP contribution in [0.3, 0.4) is 0 Å². The molecule has 0 aliphatic rings. The highest BCUT2D eigenvalue weighted by Gasteiger charge is 2.26. The molecule has 1 atom stereocenters. The molecule has 0 fully saturated rings. The maximum Gasteiger partial charge on any atom is 0.242 e. The van der Waals surface area contributed by atoms with E-state index in [1.807, 2.05) is 0 Å². The number of rotatable bonds is 5. The number of aromatic nitrogens is 1. The number of sulfone groups is 1. The molecule has 0 saturated heterocycles. The Balaban J connectivity index is 2.75. The Morgan fingerprint density at radius 2 is 2.35 bits per heavy atom. The molecule has 0 bridgehead atoms. The highest BCUT2D eigenvalue weighted by Crippen LogP contribution is 2.08. The summed E-state index contributed by atoms with van der Waals surface area (Å²) in [4.78, 5) is 15.5. The first-order chi connectivity index (χ1) is 7.97. The lowest BCUT2D eigenvalue weighted by atomic mass is 10.4. The Morgan fingerprint density at radius 1 is 1.65 bits per heavy atom. The number of nitrogens with one attached hydrogen (secondary N) is 1. The highest BCUT2D eigenvalue weighted by molar-refractivity contribution is 7.92. The van der Waals surface area contributed by atoms with Crippen molar-refractivity contribution in [1.82, 2.24) is 4.98 Å². The number of anilines is 1. The van der Waals surface area contributed by atoms with Crippen molar-refractivity contribution in [3.05, 3.63) is 37.2 Å². The first-order valence-corrected chi connectivity index (χ1v) is 6.72. The smallest absolute Gasteiger partial charge is 0.242 e. The van der Waals surface area contributed by atoms with Crippen LogP contribution in [0.25, 0.3) is 0 Å². The molecule has 92 valence electrons. The van der Waals surface area contributed by atoms with Crippen molar-refractivity contribution in [2.75, 3.05) is 11.1 Å². The molecule has 5 nitrogen and oxygen atoms in total. The van der Waals surface area contributed by atoms with Gasteiger partial charge in [0.05, 0.1) is 17.6 Å². The zero-order valence-electron chi connectivity index (χ0n) is 9.46. The molecule has 1 heterocycles. The molecular weight excluding hydrogens is 240 g/mol. The lowest BCUT2D eigenvalue weighted by molar-refractivity contribution is -0.115. The number of nitrogens with zero attached hydrogens (tertiary/aromatic N) is 1. The Hall–Kier alpha value is -1.69. The zero-order valence-corrected chi connectivity index (χ0v) is 10.3. The van der Waals surface area contributed by atoms with Crippen molar-refractivity contribution >= 4 is 21.4 Å². The third-order valence-electron chi connectivity index (χ3n) is 2.19. The SMILES string of the molecule is C=CCS(=O)(=O)C(C)C(=O)Nc1cccnc1. The van der Waals surface area contributed by atoms with Crippen LogP contribution in [0.5, 0.6) is 0 Å². The third-order valence-corrected chi connectivity index (χ3v) is 4.18. The summed E-state index contributed by atoms with van der Waals surface area (Å²) in [6, 6.07) is 3.29. The quantitative estimate of drug-likeness (QED) is 0.796. The van der Waals surface area contributed by atoms with E-state index in [4.69, 9.17) is 0 Å². The Bertz CT molecular complexity index is 497. The Morgan fingerprint density at radius 3 is 2.88 bits per heavy atom. The minimum atomic E-state index is -3.48. The van der Waals surface area contributed by atoms with Crippen molar-refractivity contribution in [1.29, 1.82) is 0 Å². The summed E-state index contributed by atoms with van der Waals surface area (Å²) in [6.45, 7) is 4.70. The molecular formula is C11H14N2O3S. The summed E-state index contributed by atoms with van der Waals surface area (Å²) in [5.41, 5.74) is 0.471. The average Bonchev–Trinajstić information content (AvgIpc) is 2.29. The fraction of sp³-hybridized carbons (Fsp3) is 0.273. The van der Waals surface area contributed by atoms with Crippen molar-refractivity contribution < 1.29 is 13.2 Å². The Labute approximate surface area is 100 Å². The summed E-state index contributed by atoms with van der Waals surface area (Å²) in [6.07, 6.45) is 4.28. The molecule has 1 amide bonds.